The molecule has 6 rings (SSSR count). The molecule has 0 radical (unpaired) electrons. The van der Waals surface area contributed by atoms with Crippen LogP contribution in [0.3, 0.4) is 0 Å². The van der Waals surface area contributed by atoms with Crippen molar-refractivity contribution >= 4 is 39.2 Å². The predicted octanol–water partition coefficient (Wildman–Crippen LogP) is 10.3. The van der Waals surface area contributed by atoms with Crippen LogP contribution in [-0.4, -0.2) is 12.6 Å². The van der Waals surface area contributed by atoms with E-state index in [1.807, 2.05) is 72.8 Å². The van der Waals surface area contributed by atoms with Gasteiger partial charge in [-0.15, -0.1) is 0 Å². The summed E-state index contributed by atoms with van der Waals surface area (Å²) in [6.07, 6.45) is 4.73. The molecule has 0 saturated carbocycles. The lowest BCUT2D eigenvalue weighted by atomic mass is 9.89. The molecule has 3 heteroatoms. The molecule has 0 fully saturated rings. The SMILES string of the molecule is CCc1ccc(OCCC/C(=C/c2ccccc2)c2c(C(=O)OCc3ccc4ccccc4c3)ccc3ccccc23)cc1. The average molecular weight is 577 g/mol. The summed E-state index contributed by atoms with van der Waals surface area (Å²) >= 11 is 0. The fourth-order valence-corrected chi connectivity index (χ4v) is 5.64. The van der Waals surface area contributed by atoms with Crippen molar-refractivity contribution in [2.45, 2.75) is 32.8 Å². The van der Waals surface area contributed by atoms with Gasteiger partial charge in [-0.05, 0) is 92.9 Å². The van der Waals surface area contributed by atoms with Gasteiger partial charge in [0.25, 0.3) is 0 Å². The predicted molar refractivity (Wildman–Crippen MR) is 182 cm³/mol. The number of rotatable bonds is 11. The van der Waals surface area contributed by atoms with E-state index in [1.54, 1.807) is 0 Å². The molecule has 6 aromatic carbocycles. The zero-order valence-electron chi connectivity index (χ0n) is 25.0. The summed E-state index contributed by atoms with van der Waals surface area (Å²) in [5, 5.41) is 4.41. The highest BCUT2D eigenvalue weighted by molar-refractivity contribution is 6.07. The van der Waals surface area contributed by atoms with Crippen molar-refractivity contribution in [2.75, 3.05) is 6.61 Å². The molecule has 0 atom stereocenters. The number of allylic oxidation sites excluding steroid dienone is 1. The summed E-state index contributed by atoms with van der Waals surface area (Å²) in [6, 6.07) is 45.1. The molecule has 0 N–H and O–H groups in total. The van der Waals surface area contributed by atoms with Gasteiger partial charge in [-0.25, -0.2) is 4.79 Å². The Bertz CT molecular complexity index is 1900. The molecule has 0 aliphatic heterocycles. The van der Waals surface area contributed by atoms with Gasteiger partial charge < -0.3 is 9.47 Å². The van der Waals surface area contributed by atoms with Crippen LogP contribution in [0.1, 0.15) is 52.4 Å². The van der Waals surface area contributed by atoms with Crippen LogP contribution in [0.5, 0.6) is 5.75 Å². The quantitative estimate of drug-likeness (QED) is 0.0874. The second kappa shape index (κ2) is 13.9. The summed E-state index contributed by atoms with van der Waals surface area (Å²) in [7, 11) is 0. The highest BCUT2D eigenvalue weighted by atomic mass is 16.5. The maximum atomic E-state index is 13.8. The lowest BCUT2D eigenvalue weighted by molar-refractivity contribution is 0.0472. The van der Waals surface area contributed by atoms with Crippen LogP contribution in [0.4, 0.5) is 0 Å². The van der Waals surface area contributed by atoms with Crippen molar-refractivity contribution in [3.8, 4) is 5.75 Å². The number of aryl methyl sites for hydroxylation is 1. The summed E-state index contributed by atoms with van der Waals surface area (Å²) < 4.78 is 12.1. The van der Waals surface area contributed by atoms with Crippen LogP contribution >= 0.6 is 0 Å². The van der Waals surface area contributed by atoms with E-state index in [4.69, 9.17) is 9.47 Å². The first-order valence-corrected chi connectivity index (χ1v) is 15.3. The molecule has 0 amide bonds. The lowest BCUT2D eigenvalue weighted by Gasteiger charge is -2.17. The Balaban J connectivity index is 1.29. The molecule has 218 valence electrons. The number of carbonyl (C=O) groups is 1. The molecule has 0 unspecified atom stereocenters. The van der Waals surface area contributed by atoms with E-state index >= 15 is 0 Å². The third-order valence-corrected chi connectivity index (χ3v) is 7.99. The summed E-state index contributed by atoms with van der Waals surface area (Å²) in [4.78, 5) is 13.8. The average Bonchev–Trinajstić information content (AvgIpc) is 3.08. The second-order valence-corrected chi connectivity index (χ2v) is 11.0. The van der Waals surface area contributed by atoms with Crippen molar-refractivity contribution in [3.05, 3.63) is 161 Å². The van der Waals surface area contributed by atoms with Gasteiger partial charge in [0.15, 0.2) is 0 Å². The van der Waals surface area contributed by atoms with Crippen LogP contribution in [0.15, 0.2) is 133 Å². The molecule has 0 aliphatic carbocycles. The Hall–Kier alpha value is -5.15. The van der Waals surface area contributed by atoms with E-state index in [1.165, 1.54) is 5.56 Å². The summed E-state index contributed by atoms with van der Waals surface area (Å²) in [6.45, 7) is 2.93. The fourth-order valence-electron chi connectivity index (χ4n) is 5.64. The van der Waals surface area contributed by atoms with Crippen molar-refractivity contribution in [1.82, 2.24) is 0 Å². The second-order valence-electron chi connectivity index (χ2n) is 11.0. The Kier molecular flexibility index (Phi) is 9.13. The van der Waals surface area contributed by atoms with Crippen LogP contribution in [0, 0.1) is 0 Å². The van der Waals surface area contributed by atoms with Gasteiger partial charge in [-0.1, -0.05) is 122 Å². The number of benzene rings is 6. The third-order valence-electron chi connectivity index (χ3n) is 7.99. The highest BCUT2D eigenvalue weighted by Crippen LogP contribution is 2.34. The minimum Gasteiger partial charge on any atom is -0.494 e. The van der Waals surface area contributed by atoms with Gasteiger partial charge in [0.05, 0.1) is 12.2 Å². The fraction of sp³-hybridized carbons (Fsp3) is 0.146. The van der Waals surface area contributed by atoms with Crippen LogP contribution in [0.25, 0.3) is 33.2 Å². The molecule has 0 aromatic heterocycles. The van der Waals surface area contributed by atoms with E-state index in [-0.39, 0.29) is 12.6 Å². The monoisotopic (exact) mass is 576 g/mol. The number of carbonyl (C=O) groups excluding carboxylic acids is 1. The first-order valence-electron chi connectivity index (χ1n) is 15.3. The first kappa shape index (κ1) is 28.9. The molecule has 0 saturated heterocycles. The lowest BCUT2D eigenvalue weighted by Crippen LogP contribution is -2.09. The first-order chi connectivity index (χ1) is 21.7. The van der Waals surface area contributed by atoms with E-state index in [0.717, 1.165) is 68.8 Å². The Labute approximate surface area is 259 Å². The Morgan fingerprint density at radius 2 is 1.36 bits per heavy atom. The van der Waals surface area contributed by atoms with Gasteiger partial charge in [-0.3, -0.25) is 0 Å². The number of hydrogen-bond acceptors (Lipinski definition) is 3. The van der Waals surface area contributed by atoms with Gasteiger partial charge in [-0.2, -0.15) is 0 Å². The topological polar surface area (TPSA) is 35.5 Å². The molecular formula is C41H36O3. The van der Waals surface area contributed by atoms with Crippen LogP contribution < -0.4 is 4.74 Å². The minimum absolute atomic E-state index is 0.207. The van der Waals surface area contributed by atoms with E-state index < -0.39 is 0 Å². The third kappa shape index (κ3) is 6.90. The summed E-state index contributed by atoms with van der Waals surface area (Å²) in [5.41, 5.74) is 5.91. The molecule has 44 heavy (non-hydrogen) atoms. The van der Waals surface area contributed by atoms with Crippen LogP contribution in [-0.2, 0) is 17.8 Å². The normalized spacial score (nSPS) is 11.5. The summed E-state index contributed by atoms with van der Waals surface area (Å²) in [5.74, 6) is 0.545. The molecule has 3 nitrogen and oxygen atoms in total. The van der Waals surface area contributed by atoms with Gasteiger partial charge in [0.1, 0.15) is 12.4 Å². The van der Waals surface area contributed by atoms with Gasteiger partial charge >= 0.3 is 5.97 Å². The molecule has 6 aromatic rings. The molecule has 0 heterocycles. The van der Waals surface area contributed by atoms with Gasteiger partial charge in [0.2, 0.25) is 0 Å². The molecule has 0 bridgehead atoms. The number of esters is 1. The van der Waals surface area contributed by atoms with E-state index in [9.17, 15) is 4.79 Å². The zero-order chi connectivity index (χ0) is 30.1. The number of ether oxygens (including phenoxy) is 2. The van der Waals surface area contributed by atoms with Crippen molar-refractivity contribution < 1.29 is 14.3 Å². The van der Waals surface area contributed by atoms with Crippen molar-refractivity contribution in [3.63, 3.8) is 0 Å². The molecular weight excluding hydrogens is 540 g/mol. The van der Waals surface area contributed by atoms with E-state index in [2.05, 4.69) is 73.7 Å². The van der Waals surface area contributed by atoms with Gasteiger partial charge in [0, 0.05) is 0 Å². The maximum Gasteiger partial charge on any atom is 0.339 e. The smallest absolute Gasteiger partial charge is 0.339 e. The minimum atomic E-state index is -0.329. The highest BCUT2D eigenvalue weighted by Gasteiger charge is 2.19. The van der Waals surface area contributed by atoms with E-state index in [0.29, 0.717) is 12.2 Å². The molecule has 0 aliphatic rings. The Morgan fingerprint density at radius 3 is 2.16 bits per heavy atom. The maximum absolute atomic E-state index is 13.8. The number of fused-ring (bicyclic) bond motifs is 2. The standard InChI is InChI=1S/C41H36O3/c1-2-30-19-23-37(24-20-30)43-26-10-16-36(27-31-11-4-3-5-12-31)40-38-17-9-8-14-34(38)22-25-39(40)41(42)44-29-32-18-21-33-13-6-7-15-35(33)28-32/h3-9,11-15,17-25,27-28H,2,10,16,26,29H2,1H3/b36-27-. The van der Waals surface area contributed by atoms with Crippen molar-refractivity contribution in [2.24, 2.45) is 0 Å². The van der Waals surface area contributed by atoms with Crippen LogP contribution in [0.2, 0.25) is 0 Å². The number of hydrogen-bond donors (Lipinski definition) is 0. The Morgan fingerprint density at radius 1 is 0.682 bits per heavy atom. The zero-order valence-corrected chi connectivity index (χ0v) is 25.0. The molecule has 0 spiro atoms. The largest absolute Gasteiger partial charge is 0.494 e. The van der Waals surface area contributed by atoms with Crippen molar-refractivity contribution in [1.29, 1.82) is 0 Å².